The third-order valence-corrected chi connectivity index (χ3v) is 8.98. The molecular formula is C35H37N3O7. The van der Waals surface area contributed by atoms with E-state index in [1.165, 1.54) is 7.11 Å². The summed E-state index contributed by atoms with van der Waals surface area (Å²) in [7, 11) is 1.53. The Morgan fingerprint density at radius 3 is 2.73 bits per heavy atom. The van der Waals surface area contributed by atoms with Crippen LogP contribution in [0.25, 0.3) is 0 Å². The topological polar surface area (TPSA) is 120 Å². The Morgan fingerprint density at radius 1 is 1.11 bits per heavy atom. The van der Waals surface area contributed by atoms with Crippen LogP contribution in [0.15, 0.2) is 78.9 Å². The summed E-state index contributed by atoms with van der Waals surface area (Å²) >= 11 is 0. The summed E-state index contributed by atoms with van der Waals surface area (Å²) in [5, 5.41) is 21.7. The summed E-state index contributed by atoms with van der Waals surface area (Å²) in [5.74, 6) is -0.344. The Hall–Kier alpha value is -4.67. The summed E-state index contributed by atoms with van der Waals surface area (Å²) in [4.78, 5) is 44.7. The lowest BCUT2D eigenvalue weighted by molar-refractivity contribution is -0.139. The molecule has 2 N–H and O–H groups in total. The first kappa shape index (κ1) is 30.4. The first-order valence-electron chi connectivity index (χ1n) is 15.2. The molecular weight excluding hydrogens is 574 g/mol. The highest BCUT2D eigenvalue weighted by Crippen LogP contribution is 2.47. The van der Waals surface area contributed by atoms with Crippen molar-refractivity contribution in [3.63, 3.8) is 0 Å². The molecule has 3 aromatic rings. The number of hydrogen-bond donors (Lipinski definition) is 2. The second kappa shape index (κ2) is 12.4. The van der Waals surface area contributed by atoms with E-state index in [9.17, 15) is 24.6 Å². The van der Waals surface area contributed by atoms with Crippen LogP contribution in [-0.2, 0) is 26.5 Å². The number of fused-ring (bicyclic) bond motifs is 2. The molecule has 0 aromatic heterocycles. The van der Waals surface area contributed by atoms with Crippen LogP contribution < -0.4 is 19.3 Å². The van der Waals surface area contributed by atoms with Gasteiger partial charge in [0.25, 0.3) is 11.8 Å². The van der Waals surface area contributed by atoms with E-state index in [4.69, 9.17) is 9.47 Å². The lowest BCUT2D eigenvalue weighted by Crippen LogP contribution is -2.44. The zero-order valence-electron chi connectivity index (χ0n) is 25.4. The Kier molecular flexibility index (Phi) is 8.35. The molecule has 0 radical (unpaired) electrons. The highest BCUT2D eigenvalue weighted by molar-refractivity contribution is 6.07. The molecule has 0 saturated carbocycles. The summed E-state index contributed by atoms with van der Waals surface area (Å²) in [6.07, 6.45) is 5.14. The summed E-state index contributed by atoms with van der Waals surface area (Å²) in [6.45, 7) is 2.38. The van der Waals surface area contributed by atoms with Crippen LogP contribution in [-0.4, -0.2) is 65.7 Å². The number of aliphatic hydroxyl groups excluding tert-OH is 1. The molecule has 0 unspecified atom stereocenters. The van der Waals surface area contributed by atoms with Gasteiger partial charge >= 0.3 is 0 Å². The second-order valence-electron chi connectivity index (χ2n) is 11.7. The predicted octanol–water partition coefficient (Wildman–Crippen LogP) is 4.05. The number of methoxy groups -OCH3 is 1. The standard InChI is InChI=1S/C35H37N3O7/c1-23(8-5-14-32(40)36-17-7-11-26(36)21-39)35(43)28-19-27(44-2)15-16-29(28)37(34(35)42)20-24-9-6-10-25(18-24)38-30-12-3-4-13-31(30)45-22-33(38)41/h3-6,8-10,12-13,15-16,18-19,23,26,39,43H,7,11,14,17,20-22H2,1-2H3/b8-5+/t23-,26-,35+/m0/s1. The maximum atomic E-state index is 14.1. The molecule has 3 aromatic carbocycles. The molecule has 3 atom stereocenters. The van der Waals surface area contributed by atoms with Crippen LogP contribution in [0.3, 0.4) is 0 Å². The van der Waals surface area contributed by atoms with Crippen LogP contribution in [0.2, 0.25) is 0 Å². The van der Waals surface area contributed by atoms with Gasteiger partial charge in [-0.15, -0.1) is 0 Å². The molecule has 6 rings (SSSR count). The maximum absolute atomic E-state index is 14.1. The van der Waals surface area contributed by atoms with Gasteiger partial charge in [0.15, 0.2) is 12.2 Å². The van der Waals surface area contributed by atoms with Crippen LogP contribution >= 0.6 is 0 Å². The largest absolute Gasteiger partial charge is 0.497 e. The van der Waals surface area contributed by atoms with E-state index in [1.807, 2.05) is 48.5 Å². The second-order valence-corrected chi connectivity index (χ2v) is 11.7. The molecule has 0 spiro atoms. The van der Waals surface area contributed by atoms with Crippen LogP contribution in [0.4, 0.5) is 17.1 Å². The predicted molar refractivity (Wildman–Crippen MR) is 168 cm³/mol. The highest BCUT2D eigenvalue weighted by atomic mass is 16.5. The minimum Gasteiger partial charge on any atom is -0.497 e. The van der Waals surface area contributed by atoms with Gasteiger partial charge in [-0.25, -0.2) is 0 Å². The van der Waals surface area contributed by atoms with E-state index in [2.05, 4.69) is 0 Å². The van der Waals surface area contributed by atoms with Crippen LogP contribution in [0.5, 0.6) is 11.5 Å². The normalized spacial score (nSPS) is 21.6. The SMILES string of the molecule is COc1ccc2c(c1)[C@](O)([C@@H](C)/C=C/CC(=O)N1CCC[C@H]1CO)C(=O)N2Cc1cccc(N2C(=O)COc3ccccc32)c1. The Bertz CT molecular complexity index is 1660. The number of para-hydroxylation sites is 2. The molecule has 0 aliphatic carbocycles. The number of rotatable bonds is 9. The number of amides is 3. The van der Waals surface area contributed by atoms with Gasteiger partial charge in [0.05, 0.1) is 37.7 Å². The number of benzene rings is 3. The van der Waals surface area contributed by atoms with Gasteiger partial charge in [0, 0.05) is 30.1 Å². The first-order chi connectivity index (χ1) is 21.8. The maximum Gasteiger partial charge on any atom is 0.269 e. The van der Waals surface area contributed by atoms with Crippen molar-refractivity contribution >= 4 is 34.8 Å². The third kappa shape index (κ3) is 5.44. The van der Waals surface area contributed by atoms with E-state index < -0.39 is 17.4 Å². The third-order valence-electron chi connectivity index (χ3n) is 8.98. The quantitative estimate of drug-likeness (QED) is 0.351. The van der Waals surface area contributed by atoms with Crippen molar-refractivity contribution in [3.05, 3.63) is 90.0 Å². The number of ether oxygens (including phenoxy) is 2. The first-order valence-corrected chi connectivity index (χ1v) is 15.2. The van der Waals surface area contributed by atoms with Crippen LogP contribution in [0, 0.1) is 5.92 Å². The van der Waals surface area contributed by atoms with Gasteiger partial charge in [-0.05, 0) is 60.9 Å². The number of anilines is 3. The van der Waals surface area contributed by atoms with E-state index in [1.54, 1.807) is 52.0 Å². The fraction of sp³-hybridized carbons (Fsp3) is 0.343. The number of hydrogen-bond acceptors (Lipinski definition) is 7. The zero-order chi connectivity index (χ0) is 31.7. The molecule has 0 bridgehead atoms. The number of aliphatic hydroxyl groups is 2. The molecule has 3 heterocycles. The lowest BCUT2D eigenvalue weighted by Gasteiger charge is -2.30. The van der Waals surface area contributed by atoms with Gasteiger partial charge in [0.1, 0.15) is 11.5 Å². The van der Waals surface area contributed by atoms with Crippen molar-refractivity contribution in [2.75, 3.05) is 36.7 Å². The summed E-state index contributed by atoms with van der Waals surface area (Å²) in [5.41, 5.74) is 1.13. The number of carbonyl (C=O) groups is 3. The zero-order valence-corrected chi connectivity index (χ0v) is 25.4. The fourth-order valence-electron chi connectivity index (χ4n) is 6.56. The Balaban J connectivity index is 1.26. The van der Waals surface area contributed by atoms with Gasteiger partial charge in [-0.2, -0.15) is 0 Å². The molecule has 45 heavy (non-hydrogen) atoms. The van der Waals surface area contributed by atoms with E-state index >= 15 is 0 Å². The van der Waals surface area contributed by atoms with Gasteiger partial charge in [-0.1, -0.05) is 43.3 Å². The number of likely N-dealkylation sites (tertiary alicyclic amines) is 1. The molecule has 3 aliphatic heterocycles. The Labute approximate surface area is 262 Å². The minimum atomic E-state index is -1.90. The highest BCUT2D eigenvalue weighted by Gasteiger charge is 2.52. The van der Waals surface area contributed by atoms with Crippen molar-refractivity contribution in [1.29, 1.82) is 0 Å². The molecule has 234 valence electrons. The van der Waals surface area contributed by atoms with Crippen molar-refractivity contribution in [2.45, 2.75) is 44.4 Å². The fourth-order valence-corrected chi connectivity index (χ4v) is 6.56. The average molecular weight is 612 g/mol. The molecule has 3 aliphatic rings. The van der Waals surface area contributed by atoms with Crippen molar-refractivity contribution < 1.29 is 34.1 Å². The van der Waals surface area contributed by atoms with Crippen LogP contribution in [0.1, 0.15) is 37.3 Å². The van der Waals surface area contributed by atoms with Crippen molar-refractivity contribution in [3.8, 4) is 11.5 Å². The molecule has 1 saturated heterocycles. The number of carbonyl (C=O) groups excluding carboxylic acids is 3. The van der Waals surface area contributed by atoms with E-state index in [0.717, 1.165) is 18.4 Å². The van der Waals surface area contributed by atoms with Gasteiger partial charge in [-0.3, -0.25) is 19.3 Å². The molecule has 1 fully saturated rings. The molecule has 10 nitrogen and oxygen atoms in total. The summed E-state index contributed by atoms with van der Waals surface area (Å²) in [6, 6.07) is 19.8. The number of nitrogens with zero attached hydrogens (tertiary/aromatic N) is 3. The van der Waals surface area contributed by atoms with E-state index in [0.29, 0.717) is 40.7 Å². The smallest absolute Gasteiger partial charge is 0.269 e. The molecule has 3 amide bonds. The van der Waals surface area contributed by atoms with Crippen molar-refractivity contribution in [2.24, 2.45) is 5.92 Å². The van der Waals surface area contributed by atoms with Gasteiger partial charge < -0.3 is 29.5 Å². The molecule has 10 heteroatoms. The van der Waals surface area contributed by atoms with Gasteiger partial charge in [0.2, 0.25) is 5.91 Å². The lowest BCUT2D eigenvalue weighted by atomic mass is 9.83. The Morgan fingerprint density at radius 2 is 1.93 bits per heavy atom. The van der Waals surface area contributed by atoms with Crippen molar-refractivity contribution in [1.82, 2.24) is 4.90 Å². The van der Waals surface area contributed by atoms with E-state index in [-0.39, 0.29) is 44.0 Å². The summed E-state index contributed by atoms with van der Waals surface area (Å²) < 4.78 is 11.0. The minimum absolute atomic E-state index is 0.0620. The average Bonchev–Trinajstić information content (AvgIpc) is 3.62. The monoisotopic (exact) mass is 611 g/mol.